The molecule has 0 saturated heterocycles. The van der Waals surface area contributed by atoms with Gasteiger partial charge < -0.3 is 14.8 Å². The Bertz CT molecular complexity index is 696. The number of rotatable bonds is 6. The summed E-state index contributed by atoms with van der Waals surface area (Å²) in [5, 5.41) is 3.19. The van der Waals surface area contributed by atoms with E-state index in [0.717, 1.165) is 11.3 Å². The zero-order chi connectivity index (χ0) is 16.7. The third-order valence-corrected chi connectivity index (χ3v) is 3.33. The fourth-order valence-electron chi connectivity index (χ4n) is 1.94. The molecule has 0 aliphatic rings. The molecule has 1 amide bonds. The van der Waals surface area contributed by atoms with E-state index in [1.54, 1.807) is 31.4 Å². The van der Waals surface area contributed by atoms with Gasteiger partial charge in [0, 0.05) is 11.8 Å². The number of carbonyl (C=O) groups excluding carboxylic acids is 1. The highest BCUT2D eigenvalue weighted by atomic mass is 35.5. The molecule has 1 N–H and O–H groups in total. The van der Waals surface area contributed by atoms with Crippen molar-refractivity contribution in [2.45, 2.75) is 6.92 Å². The number of hydrogen-bond acceptors (Lipinski definition) is 3. The number of amides is 1. The van der Waals surface area contributed by atoms with Gasteiger partial charge in [0.15, 0.2) is 0 Å². The second-order valence-electron chi connectivity index (χ2n) is 4.67. The predicted molar refractivity (Wildman–Crippen MR) is 93.3 cm³/mol. The van der Waals surface area contributed by atoms with Crippen molar-refractivity contribution in [3.05, 3.63) is 59.1 Å². The Morgan fingerprint density at radius 2 is 1.96 bits per heavy atom. The summed E-state index contributed by atoms with van der Waals surface area (Å²) < 4.78 is 10.4. The van der Waals surface area contributed by atoms with Gasteiger partial charge in [-0.15, -0.1) is 0 Å². The lowest BCUT2D eigenvalue weighted by Crippen LogP contribution is -2.07. The average Bonchev–Trinajstić information content (AvgIpc) is 2.55. The molecule has 0 saturated carbocycles. The van der Waals surface area contributed by atoms with Crippen molar-refractivity contribution in [1.29, 1.82) is 0 Å². The van der Waals surface area contributed by atoms with Gasteiger partial charge in [-0.2, -0.15) is 0 Å². The molecule has 120 valence electrons. The van der Waals surface area contributed by atoms with Gasteiger partial charge >= 0.3 is 0 Å². The van der Waals surface area contributed by atoms with Crippen molar-refractivity contribution in [2.24, 2.45) is 0 Å². The number of benzene rings is 2. The zero-order valence-corrected chi connectivity index (χ0v) is 13.8. The fraction of sp³-hybridized carbons (Fsp3) is 0.167. The highest BCUT2D eigenvalue weighted by Gasteiger charge is 2.03. The van der Waals surface area contributed by atoms with Crippen LogP contribution < -0.4 is 14.8 Å². The van der Waals surface area contributed by atoms with E-state index in [4.69, 9.17) is 21.1 Å². The first-order valence-corrected chi connectivity index (χ1v) is 7.55. The van der Waals surface area contributed by atoms with Crippen molar-refractivity contribution < 1.29 is 14.3 Å². The lowest BCUT2D eigenvalue weighted by Gasteiger charge is -2.06. The van der Waals surface area contributed by atoms with E-state index in [2.05, 4.69) is 5.32 Å². The van der Waals surface area contributed by atoms with Gasteiger partial charge in [-0.3, -0.25) is 4.79 Å². The highest BCUT2D eigenvalue weighted by Crippen LogP contribution is 2.27. The van der Waals surface area contributed by atoms with Crippen LogP contribution in [-0.4, -0.2) is 19.6 Å². The molecule has 0 radical (unpaired) electrons. The van der Waals surface area contributed by atoms with Crippen LogP contribution in [0.5, 0.6) is 11.5 Å². The topological polar surface area (TPSA) is 47.6 Å². The first-order chi connectivity index (χ1) is 11.1. The van der Waals surface area contributed by atoms with Gasteiger partial charge in [0.25, 0.3) is 0 Å². The third-order valence-electron chi connectivity index (χ3n) is 3.04. The Labute approximate surface area is 140 Å². The van der Waals surface area contributed by atoms with Gasteiger partial charge in [-0.05, 0) is 48.9 Å². The Morgan fingerprint density at radius 1 is 1.22 bits per heavy atom. The minimum Gasteiger partial charge on any atom is -0.495 e. The van der Waals surface area contributed by atoms with Crippen LogP contribution in [0, 0.1) is 0 Å². The lowest BCUT2D eigenvalue weighted by molar-refractivity contribution is -0.111. The van der Waals surface area contributed by atoms with E-state index in [1.807, 2.05) is 31.2 Å². The largest absolute Gasteiger partial charge is 0.495 e. The molecule has 0 unspecified atom stereocenters. The Morgan fingerprint density at radius 3 is 2.57 bits per heavy atom. The molecule has 5 heteroatoms. The second kappa shape index (κ2) is 8.25. The smallest absolute Gasteiger partial charge is 0.248 e. The van der Waals surface area contributed by atoms with Crippen molar-refractivity contribution in [3.63, 3.8) is 0 Å². The Kier molecular flexibility index (Phi) is 6.06. The molecular weight excluding hydrogens is 314 g/mol. The van der Waals surface area contributed by atoms with Crippen molar-refractivity contribution in [1.82, 2.24) is 0 Å². The molecule has 0 fully saturated rings. The number of nitrogens with one attached hydrogen (secondary N) is 1. The maximum atomic E-state index is 11.9. The number of anilines is 1. The monoisotopic (exact) mass is 331 g/mol. The molecular formula is C18H18ClNO3. The van der Waals surface area contributed by atoms with Gasteiger partial charge in [0.1, 0.15) is 11.5 Å². The molecule has 0 atom stereocenters. The van der Waals surface area contributed by atoms with E-state index in [9.17, 15) is 4.79 Å². The molecule has 4 nitrogen and oxygen atoms in total. The van der Waals surface area contributed by atoms with E-state index in [1.165, 1.54) is 6.08 Å². The molecule has 2 rings (SSSR count). The molecule has 0 aliphatic carbocycles. The quantitative estimate of drug-likeness (QED) is 0.798. The van der Waals surface area contributed by atoms with Crippen molar-refractivity contribution in [3.8, 4) is 11.5 Å². The van der Waals surface area contributed by atoms with Crippen LogP contribution in [0.4, 0.5) is 5.69 Å². The van der Waals surface area contributed by atoms with Gasteiger partial charge in [-0.1, -0.05) is 23.7 Å². The summed E-state index contributed by atoms with van der Waals surface area (Å²) in [5.74, 6) is 1.14. The number of halogens is 1. The maximum absolute atomic E-state index is 11.9. The molecule has 2 aromatic rings. The van der Waals surface area contributed by atoms with Crippen LogP contribution in [0.15, 0.2) is 48.5 Å². The summed E-state index contributed by atoms with van der Waals surface area (Å²) in [6, 6.07) is 12.6. The van der Waals surface area contributed by atoms with E-state index in [-0.39, 0.29) is 5.91 Å². The van der Waals surface area contributed by atoms with Crippen molar-refractivity contribution >= 4 is 29.3 Å². The first-order valence-electron chi connectivity index (χ1n) is 7.18. The average molecular weight is 332 g/mol. The van der Waals surface area contributed by atoms with Gasteiger partial charge in [-0.25, -0.2) is 0 Å². The van der Waals surface area contributed by atoms with Crippen LogP contribution in [0.25, 0.3) is 6.08 Å². The van der Waals surface area contributed by atoms with Crippen molar-refractivity contribution in [2.75, 3.05) is 19.0 Å². The molecule has 23 heavy (non-hydrogen) atoms. The second-order valence-corrected chi connectivity index (χ2v) is 5.08. The Balaban J connectivity index is 1.97. The summed E-state index contributed by atoms with van der Waals surface area (Å²) in [7, 11) is 1.54. The van der Waals surface area contributed by atoms with E-state index in [0.29, 0.717) is 23.1 Å². The lowest BCUT2D eigenvalue weighted by atomic mass is 10.2. The molecule has 0 spiro atoms. The maximum Gasteiger partial charge on any atom is 0.248 e. The molecule has 0 bridgehead atoms. The number of carbonyl (C=O) groups is 1. The van der Waals surface area contributed by atoms with Gasteiger partial charge in [0.2, 0.25) is 5.91 Å². The summed E-state index contributed by atoms with van der Waals surface area (Å²) in [4.78, 5) is 11.9. The summed E-state index contributed by atoms with van der Waals surface area (Å²) in [5.41, 5.74) is 1.52. The summed E-state index contributed by atoms with van der Waals surface area (Å²) >= 11 is 6.02. The van der Waals surface area contributed by atoms with Gasteiger partial charge in [0.05, 0.1) is 18.7 Å². The van der Waals surface area contributed by atoms with Crippen LogP contribution in [0.1, 0.15) is 12.5 Å². The minimum atomic E-state index is -0.236. The number of ether oxygens (including phenoxy) is 2. The molecule has 0 aliphatic heterocycles. The predicted octanol–water partition coefficient (Wildman–Crippen LogP) is 4.40. The van der Waals surface area contributed by atoms with Crippen LogP contribution in [0.2, 0.25) is 5.02 Å². The zero-order valence-electron chi connectivity index (χ0n) is 13.0. The normalized spacial score (nSPS) is 10.6. The standard InChI is InChI=1S/C18H18ClNO3/c1-3-23-15-8-4-13(5-9-15)6-11-18(21)20-14-7-10-17(22-2)16(19)12-14/h4-12H,3H2,1-2H3,(H,20,21)/b11-6+. The number of hydrogen-bond donors (Lipinski definition) is 1. The number of methoxy groups -OCH3 is 1. The third kappa shape index (κ3) is 5.04. The highest BCUT2D eigenvalue weighted by molar-refractivity contribution is 6.32. The molecule has 0 aromatic heterocycles. The molecule has 2 aromatic carbocycles. The van der Waals surface area contributed by atoms with Crippen LogP contribution >= 0.6 is 11.6 Å². The van der Waals surface area contributed by atoms with Crippen LogP contribution in [-0.2, 0) is 4.79 Å². The van der Waals surface area contributed by atoms with Crippen LogP contribution in [0.3, 0.4) is 0 Å². The summed E-state index contributed by atoms with van der Waals surface area (Å²) in [6.45, 7) is 2.56. The molecule has 0 heterocycles. The Hall–Kier alpha value is -2.46. The minimum absolute atomic E-state index is 0.236. The first kappa shape index (κ1) is 16.9. The summed E-state index contributed by atoms with van der Waals surface area (Å²) in [6.07, 6.45) is 3.20. The SMILES string of the molecule is CCOc1ccc(/C=C/C(=O)Nc2ccc(OC)c(Cl)c2)cc1. The van der Waals surface area contributed by atoms with E-state index >= 15 is 0 Å². The fourth-order valence-corrected chi connectivity index (χ4v) is 2.20. The van der Waals surface area contributed by atoms with E-state index < -0.39 is 0 Å².